The maximum atomic E-state index is 10.1. The van der Waals surface area contributed by atoms with Crippen LogP contribution in [0.4, 0.5) is 0 Å². The SMILES string of the molecule is C=CC(=O)OC.CCCC=C(C)C(=O)O. The molecular formula is C11H18O4. The second-order valence-corrected chi connectivity index (χ2v) is 2.71. The number of allylic oxidation sites excluding steroid dienone is 1. The third-order valence-corrected chi connectivity index (χ3v) is 1.44. The summed E-state index contributed by atoms with van der Waals surface area (Å²) in [6.45, 7) is 6.79. The van der Waals surface area contributed by atoms with Gasteiger partial charge in [-0.1, -0.05) is 26.0 Å². The van der Waals surface area contributed by atoms with Gasteiger partial charge in [-0.15, -0.1) is 0 Å². The second kappa shape index (κ2) is 10.5. The van der Waals surface area contributed by atoms with Crippen molar-refractivity contribution in [3.8, 4) is 0 Å². The van der Waals surface area contributed by atoms with Crippen LogP contribution >= 0.6 is 0 Å². The Morgan fingerprint density at radius 3 is 2.20 bits per heavy atom. The summed E-state index contributed by atoms with van der Waals surface area (Å²) < 4.78 is 4.14. The van der Waals surface area contributed by atoms with E-state index >= 15 is 0 Å². The predicted molar refractivity (Wildman–Crippen MR) is 58.5 cm³/mol. The molecule has 0 amide bonds. The molecule has 4 nitrogen and oxygen atoms in total. The van der Waals surface area contributed by atoms with Crippen molar-refractivity contribution in [3.05, 3.63) is 24.3 Å². The van der Waals surface area contributed by atoms with Crippen molar-refractivity contribution < 1.29 is 19.4 Å². The van der Waals surface area contributed by atoms with E-state index in [1.54, 1.807) is 13.0 Å². The van der Waals surface area contributed by atoms with Crippen LogP contribution in [0.3, 0.4) is 0 Å². The third kappa shape index (κ3) is 12.4. The number of rotatable bonds is 4. The molecule has 0 saturated heterocycles. The van der Waals surface area contributed by atoms with Crippen LogP contribution in [-0.2, 0) is 14.3 Å². The van der Waals surface area contributed by atoms with Gasteiger partial charge < -0.3 is 9.84 Å². The number of aliphatic carboxylic acids is 1. The molecule has 4 heteroatoms. The van der Waals surface area contributed by atoms with Crippen molar-refractivity contribution in [2.24, 2.45) is 0 Å². The van der Waals surface area contributed by atoms with Crippen LogP contribution in [0.1, 0.15) is 26.7 Å². The highest BCUT2D eigenvalue weighted by molar-refractivity contribution is 5.85. The molecule has 0 aromatic carbocycles. The average Bonchev–Trinajstić information content (AvgIpc) is 2.25. The molecule has 0 heterocycles. The summed E-state index contributed by atoms with van der Waals surface area (Å²) in [7, 11) is 1.31. The second-order valence-electron chi connectivity index (χ2n) is 2.71. The molecule has 0 radical (unpaired) electrons. The molecule has 0 unspecified atom stereocenters. The number of ether oxygens (including phenoxy) is 1. The van der Waals surface area contributed by atoms with Crippen LogP contribution in [0.2, 0.25) is 0 Å². The Balaban J connectivity index is 0. The van der Waals surface area contributed by atoms with Crippen LogP contribution < -0.4 is 0 Å². The molecular weight excluding hydrogens is 196 g/mol. The van der Waals surface area contributed by atoms with Gasteiger partial charge >= 0.3 is 11.9 Å². The lowest BCUT2D eigenvalue weighted by Crippen LogP contribution is -1.95. The maximum absolute atomic E-state index is 10.1. The molecule has 0 atom stereocenters. The van der Waals surface area contributed by atoms with Crippen molar-refractivity contribution in [2.45, 2.75) is 26.7 Å². The number of esters is 1. The summed E-state index contributed by atoms with van der Waals surface area (Å²) >= 11 is 0. The topological polar surface area (TPSA) is 63.6 Å². The van der Waals surface area contributed by atoms with E-state index in [4.69, 9.17) is 5.11 Å². The fourth-order valence-electron chi connectivity index (χ4n) is 0.531. The van der Waals surface area contributed by atoms with Gasteiger partial charge in [-0.2, -0.15) is 0 Å². The Kier molecular flexibility index (Phi) is 11.1. The Labute approximate surface area is 90.2 Å². The van der Waals surface area contributed by atoms with Crippen molar-refractivity contribution in [1.29, 1.82) is 0 Å². The monoisotopic (exact) mass is 214 g/mol. The van der Waals surface area contributed by atoms with E-state index in [1.165, 1.54) is 7.11 Å². The molecule has 0 spiro atoms. The molecule has 0 fully saturated rings. The molecule has 0 aromatic rings. The normalized spacial score (nSPS) is 9.67. The van der Waals surface area contributed by atoms with Crippen molar-refractivity contribution in [2.75, 3.05) is 7.11 Å². The van der Waals surface area contributed by atoms with Gasteiger partial charge in [0.25, 0.3) is 0 Å². The minimum Gasteiger partial charge on any atom is -0.478 e. The fourth-order valence-corrected chi connectivity index (χ4v) is 0.531. The van der Waals surface area contributed by atoms with E-state index in [-0.39, 0.29) is 0 Å². The third-order valence-electron chi connectivity index (χ3n) is 1.44. The number of hydrogen-bond donors (Lipinski definition) is 1. The van der Waals surface area contributed by atoms with Gasteiger partial charge in [-0.3, -0.25) is 0 Å². The summed E-state index contributed by atoms with van der Waals surface area (Å²) in [5, 5.41) is 8.34. The number of carbonyl (C=O) groups is 2. The molecule has 0 saturated carbocycles. The fraction of sp³-hybridized carbons (Fsp3) is 0.455. The first-order valence-electron chi connectivity index (χ1n) is 4.60. The smallest absolute Gasteiger partial charge is 0.330 e. The highest BCUT2D eigenvalue weighted by Crippen LogP contribution is 1.96. The van der Waals surface area contributed by atoms with E-state index in [0.29, 0.717) is 5.57 Å². The summed E-state index contributed by atoms with van der Waals surface area (Å²) in [6, 6.07) is 0. The van der Waals surface area contributed by atoms with E-state index in [9.17, 15) is 9.59 Å². The van der Waals surface area contributed by atoms with Gasteiger partial charge in [0, 0.05) is 11.6 Å². The van der Waals surface area contributed by atoms with Gasteiger partial charge in [0.1, 0.15) is 0 Å². The van der Waals surface area contributed by atoms with Crippen LogP contribution in [0, 0.1) is 0 Å². The molecule has 0 aromatic heterocycles. The zero-order chi connectivity index (χ0) is 12.3. The number of carboxylic acid groups (broad SMARTS) is 1. The van der Waals surface area contributed by atoms with Crippen LogP contribution in [-0.4, -0.2) is 24.2 Å². The average molecular weight is 214 g/mol. The van der Waals surface area contributed by atoms with Crippen LogP contribution in [0.5, 0.6) is 0 Å². The first-order valence-corrected chi connectivity index (χ1v) is 4.60. The van der Waals surface area contributed by atoms with Gasteiger partial charge in [0.2, 0.25) is 0 Å². The Bertz CT molecular complexity index is 241. The van der Waals surface area contributed by atoms with Crippen molar-refractivity contribution in [1.82, 2.24) is 0 Å². The van der Waals surface area contributed by atoms with Crippen molar-refractivity contribution in [3.63, 3.8) is 0 Å². The van der Waals surface area contributed by atoms with Crippen LogP contribution in [0.25, 0.3) is 0 Å². The first kappa shape index (κ1) is 15.9. The van der Waals surface area contributed by atoms with E-state index in [1.807, 2.05) is 6.92 Å². The number of unbranched alkanes of at least 4 members (excludes halogenated alkanes) is 1. The first-order chi connectivity index (χ1) is 6.99. The van der Waals surface area contributed by atoms with Gasteiger partial charge in [-0.25, -0.2) is 9.59 Å². The Morgan fingerprint density at radius 1 is 1.47 bits per heavy atom. The lowest BCUT2D eigenvalue weighted by molar-refractivity contribution is -0.135. The summed E-state index contributed by atoms with van der Waals surface area (Å²) in [5.41, 5.74) is 0.442. The lowest BCUT2D eigenvalue weighted by Gasteiger charge is -1.89. The standard InChI is InChI=1S/C7H12O2.C4H6O2/c1-3-4-5-6(2)7(8)9;1-3-4(5)6-2/h5H,3-4H2,1-2H3,(H,8,9);3H,1H2,2H3. The van der Waals surface area contributed by atoms with Gasteiger partial charge in [0.05, 0.1) is 7.11 Å². The molecule has 0 aliphatic rings. The molecule has 86 valence electrons. The lowest BCUT2D eigenvalue weighted by atomic mass is 10.2. The number of carboxylic acids is 1. The number of carbonyl (C=O) groups excluding carboxylic acids is 1. The summed E-state index contributed by atoms with van der Waals surface area (Å²) in [4.78, 5) is 20.0. The maximum Gasteiger partial charge on any atom is 0.330 e. The largest absolute Gasteiger partial charge is 0.478 e. The van der Waals surface area contributed by atoms with E-state index in [0.717, 1.165) is 18.9 Å². The molecule has 0 aliphatic carbocycles. The molecule has 0 aliphatic heterocycles. The highest BCUT2D eigenvalue weighted by atomic mass is 16.5. The Hall–Kier alpha value is -1.58. The van der Waals surface area contributed by atoms with Crippen LogP contribution in [0.15, 0.2) is 24.3 Å². The minimum absolute atomic E-state index is 0.394. The molecule has 0 rings (SSSR count). The molecule has 0 bridgehead atoms. The van der Waals surface area contributed by atoms with E-state index < -0.39 is 11.9 Å². The summed E-state index contributed by atoms with van der Waals surface area (Å²) in [5.74, 6) is -1.21. The zero-order valence-electron chi connectivity index (χ0n) is 9.45. The summed E-state index contributed by atoms with van der Waals surface area (Å²) in [6.07, 6.45) is 4.71. The highest BCUT2D eigenvalue weighted by Gasteiger charge is 1.95. The number of hydrogen-bond acceptors (Lipinski definition) is 3. The van der Waals surface area contributed by atoms with Gasteiger partial charge in [-0.05, 0) is 13.3 Å². The predicted octanol–water partition coefficient (Wildman–Crippen LogP) is 2.16. The molecule has 15 heavy (non-hydrogen) atoms. The Morgan fingerprint density at radius 2 is 2.00 bits per heavy atom. The van der Waals surface area contributed by atoms with Crippen molar-refractivity contribution >= 4 is 11.9 Å². The minimum atomic E-state index is -0.816. The molecule has 1 N–H and O–H groups in total. The zero-order valence-corrected chi connectivity index (χ0v) is 9.45. The number of methoxy groups -OCH3 is 1. The van der Waals surface area contributed by atoms with E-state index in [2.05, 4.69) is 11.3 Å². The van der Waals surface area contributed by atoms with Gasteiger partial charge in [0.15, 0.2) is 0 Å². The quantitative estimate of drug-likeness (QED) is 0.575.